The first kappa shape index (κ1) is 24.0. The lowest BCUT2D eigenvalue weighted by molar-refractivity contribution is -0.893. The number of hydrogen-bond donors (Lipinski definition) is 1. The van der Waals surface area contributed by atoms with E-state index in [4.69, 9.17) is 4.74 Å². The molecule has 0 saturated carbocycles. The van der Waals surface area contributed by atoms with Gasteiger partial charge in [-0.15, -0.1) is 0 Å². The predicted octanol–water partition coefficient (Wildman–Crippen LogP) is 5.81. The van der Waals surface area contributed by atoms with E-state index in [1.807, 2.05) is 30.3 Å². The molecule has 0 fully saturated rings. The Morgan fingerprint density at radius 1 is 0.852 bits per heavy atom. The van der Waals surface area contributed by atoms with Gasteiger partial charge in [0, 0.05) is 13.0 Å². The van der Waals surface area contributed by atoms with E-state index in [-0.39, 0.29) is 12.7 Å². The van der Waals surface area contributed by atoms with E-state index in [1.165, 1.54) is 70.8 Å². The fourth-order valence-corrected chi connectivity index (χ4v) is 3.69. The van der Waals surface area contributed by atoms with Gasteiger partial charge in [0.25, 0.3) is 0 Å². The summed E-state index contributed by atoms with van der Waals surface area (Å²) in [6.45, 7) is 4.57. The number of quaternary nitrogens is 1. The van der Waals surface area contributed by atoms with Gasteiger partial charge in [-0.2, -0.15) is 0 Å². The minimum atomic E-state index is 0.0653. The Hall–Kier alpha value is -1.06. The molecule has 0 aliphatic rings. The molecule has 0 spiro atoms. The van der Waals surface area contributed by atoms with Crippen molar-refractivity contribution in [2.45, 2.75) is 83.7 Å². The van der Waals surface area contributed by atoms with Crippen LogP contribution in [0.15, 0.2) is 30.3 Å². The van der Waals surface area contributed by atoms with Crippen LogP contribution in [0.2, 0.25) is 0 Å². The van der Waals surface area contributed by atoms with Gasteiger partial charge in [0.1, 0.15) is 18.4 Å². The van der Waals surface area contributed by atoms with Crippen molar-refractivity contribution >= 4 is 0 Å². The van der Waals surface area contributed by atoms with E-state index in [9.17, 15) is 5.11 Å². The molecule has 0 aromatic heterocycles. The highest BCUT2D eigenvalue weighted by atomic mass is 16.5. The number of nitrogens with zero attached hydrogens (tertiary/aromatic N) is 1. The summed E-state index contributed by atoms with van der Waals surface area (Å²) in [6, 6.07) is 9.97. The SMILES string of the molecule is CCCCCCCCCCCC[N+](C)(C)CC(CCO)Oc1ccccc1. The fraction of sp³-hybridized carbons (Fsp3) is 0.750. The smallest absolute Gasteiger partial charge is 0.149 e. The summed E-state index contributed by atoms with van der Waals surface area (Å²) in [7, 11) is 4.57. The highest BCUT2D eigenvalue weighted by Gasteiger charge is 2.23. The van der Waals surface area contributed by atoms with Gasteiger partial charge in [0.15, 0.2) is 0 Å². The van der Waals surface area contributed by atoms with E-state index in [0.29, 0.717) is 6.42 Å². The zero-order valence-corrected chi connectivity index (χ0v) is 18.2. The summed E-state index contributed by atoms with van der Waals surface area (Å²) < 4.78 is 7.07. The number of likely N-dealkylation sites (N-methyl/N-ethyl adjacent to an activating group) is 1. The summed E-state index contributed by atoms with van der Waals surface area (Å²) in [6.07, 6.45) is 14.5. The third-order valence-electron chi connectivity index (χ3n) is 5.31. The van der Waals surface area contributed by atoms with E-state index < -0.39 is 0 Å². The number of aliphatic hydroxyl groups is 1. The van der Waals surface area contributed by atoms with Crippen molar-refractivity contribution in [3.05, 3.63) is 30.3 Å². The monoisotopic (exact) mass is 378 g/mol. The molecular weight excluding hydrogens is 334 g/mol. The van der Waals surface area contributed by atoms with Crippen LogP contribution in [0.3, 0.4) is 0 Å². The highest BCUT2D eigenvalue weighted by Crippen LogP contribution is 2.16. The number of aliphatic hydroxyl groups excluding tert-OH is 1. The van der Waals surface area contributed by atoms with E-state index in [0.717, 1.165) is 16.8 Å². The van der Waals surface area contributed by atoms with Gasteiger partial charge in [-0.1, -0.05) is 76.5 Å². The Kier molecular flexibility index (Phi) is 13.3. The first-order valence-electron chi connectivity index (χ1n) is 11.2. The number of hydrogen-bond acceptors (Lipinski definition) is 2. The second kappa shape index (κ2) is 14.9. The van der Waals surface area contributed by atoms with Crippen molar-refractivity contribution < 1.29 is 14.3 Å². The van der Waals surface area contributed by atoms with Crippen LogP contribution in [-0.2, 0) is 0 Å². The summed E-state index contributed by atoms with van der Waals surface area (Å²) in [5, 5.41) is 9.39. The molecule has 0 saturated heterocycles. The lowest BCUT2D eigenvalue weighted by Gasteiger charge is -2.33. The van der Waals surface area contributed by atoms with Crippen molar-refractivity contribution in [1.82, 2.24) is 0 Å². The van der Waals surface area contributed by atoms with Crippen LogP contribution < -0.4 is 4.74 Å². The molecule has 0 radical (unpaired) electrons. The molecule has 0 aliphatic heterocycles. The zero-order valence-electron chi connectivity index (χ0n) is 18.2. The van der Waals surface area contributed by atoms with Crippen LogP contribution in [-0.4, -0.2) is 49.5 Å². The molecule has 3 heteroatoms. The average molecular weight is 379 g/mol. The third kappa shape index (κ3) is 12.9. The highest BCUT2D eigenvalue weighted by molar-refractivity contribution is 5.21. The van der Waals surface area contributed by atoms with Gasteiger partial charge in [-0.25, -0.2) is 0 Å². The van der Waals surface area contributed by atoms with Crippen LogP contribution in [0.1, 0.15) is 77.6 Å². The van der Waals surface area contributed by atoms with Gasteiger partial charge in [0.2, 0.25) is 0 Å². The molecule has 1 aromatic rings. The maximum absolute atomic E-state index is 9.39. The number of para-hydroxylation sites is 1. The van der Waals surface area contributed by atoms with E-state index in [1.54, 1.807) is 0 Å². The largest absolute Gasteiger partial charge is 0.484 e. The first-order chi connectivity index (χ1) is 13.1. The third-order valence-corrected chi connectivity index (χ3v) is 5.31. The van der Waals surface area contributed by atoms with E-state index >= 15 is 0 Å². The molecule has 27 heavy (non-hydrogen) atoms. The molecular formula is C24H44NO2+. The van der Waals surface area contributed by atoms with Crippen LogP contribution in [0.5, 0.6) is 5.75 Å². The van der Waals surface area contributed by atoms with Crippen molar-refractivity contribution in [2.24, 2.45) is 0 Å². The zero-order chi connectivity index (χ0) is 19.8. The Morgan fingerprint density at radius 3 is 1.96 bits per heavy atom. The molecule has 1 atom stereocenters. The Bertz CT molecular complexity index is 447. The Balaban J connectivity index is 2.18. The van der Waals surface area contributed by atoms with Crippen molar-refractivity contribution in [3.8, 4) is 5.75 Å². The lowest BCUT2D eigenvalue weighted by atomic mass is 10.1. The van der Waals surface area contributed by atoms with E-state index in [2.05, 4.69) is 21.0 Å². The molecule has 0 aliphatic carbocycles. The lowest BCUT2D eigenvalue weighted by Crippen LogP contribution is -2.47. The summed E-state index contributed by atoms with van der Waals surface area (Å²) in [5.41, 5.74) is 0. The first-order valence-corrected chi connectivity index (χ1v) is 11.2. The van der Waals surface area contributed by atoms with Gasteiger partial charge in [0.05, 0.1) is 20.6 Å². The predicted molar refractivity (Wildman–Crippen MR) is 116 cm³/mol. The second-order valence-corrected chi connectivity index (χ2v) is 8.59. The Labute approximate surface area is 168 Å². The van der Waals surface area contributed by atoms with Crippen molar-refractivity contribution in [1.29, 1.82) is 0 Å². The summed E-state index contributed by atoms with van der Waals surface area (Å²) >= 11 is 0. The summed E-state index contributed by atoms with van der Waals surface area (Å²) in [5.74, 6) is 0.898. The van der Waals surface area contributed by atoms with Gasteiger partial charge < -0.3 is 14.3 Å². The number of unbranched alkanes of at least 4 members (excludes halogenated alkanes) is 9. The molecule has 0 heterocycles. The standard InChI is InChI=1S/C24H44NO2/c1-4-5-6-7-8-9-10-11-12-16-20-25(2,3)22-24(19-21-26)27-23-17-14-13-15-18-23/h13-15,17-18,24,26H,4-12,16,19-22H2,1-3H3/q+1. The molecule has 1 N–H and O–H groups in total. The van der Waals surface area contributed by atoms with Crippen LogP contribution in [0.4, 0.5) is 0 Å². The van der Waals surface area contributed by atoms with Gasteiger partial charge in [-0.3, -0.25) is 0 Å². The second-order valence-electron chi connectivity index (χ2n) is 8.59. The Morgan fingerprint density at radius 2 is 1.41 bits per heavy atom. The molecule has 1 rings (SSSR count). The number of ether oxygens (including phenoxy) is 1. The minimum Gasteiger partial charge on any atom is -0.484 e. The van der Waals surface area contributed by atoms with Crippen LogP contribution in [0.25, 0.3) is 0 Å². The van der Waals surface area contributed by atoms with Crippen LogP contribution in [0, 0.1) is 0 Å². The summed E-state index contributed by atoms with van der Waals surface area (Å²) in [4.78, 5) is 0. The molecule has 1 aromatic carbocycles. The topological polar surface area (TPSA) is 29.5 Å². The average Bonchev–Trinajstić information content (AvgIpc) is 2.64. The van der Waals surface area contributed by atoms with Crippen molar-refractivity contribution in [3.63, 3.8) is 0 Å². The van der Waals surface area contributed by atoms with Gasteiger partial charge in [-0.05, 0) is 25.0 Å². The quantitative estimate of drug-likeness (QED) is 0.274. The maximum atomic E-state index is 9.39. The van der Waals surface area contributed by atoms with Crippen LogP contribution >= 0.6 is 0 Å². The fourth-order valence-electron chi connectivity index (χ4n) is 3.69. The van der Waals surface area contributed by atoms with Crippen molar-refractivity contribution in [2.75, 3.05) is 33.8 Å². The molecule has 0 bridgehead atoms. The molecule has 0 amide bonds. The maximum Gasteiger partial charge on any atom is 0.149 e. The number of rotatable bonds is 17. The minimum absolute atomic E-state index is 0.0653. The van der Waals surface area contributed by atoms with Gasteiger partial charge >= 0.3 is 0 Å². The molecule has 3 nitrogen and oxygen atoms in total. The molecule has 156 valence electrons. The number of benzene rings is 1. The normalized spacial score (nSPS) is 12.9. The molecule has 1 unspecified atom stereocenters.